The van der Waals surface area contributed by atoms with Gasteiger partial charge < -0.3 is 19.3 Å². The lowest BCUT2D eigenvalue weighted by molar-refractivity contribution is -0.149. The second kappa shape index (κ2) is 8.93. The van der Waals surface area contributed by atoms with Gasteiger partial charge in [-0.05, 0) is 36.4 Å². The summed E-state index contributed by atoms with van der Waals surface area (Å²) >= 11 is 12.0. The fourth-order valence-corrected chi connectivity index (χ4v) is 5.63. The van der Waals surface area contributed by atoms with Crippen LogP contribution >= 0.6 is 23.2 Å². The lowest BCUT2D eigenvalue weighted by atomic mass is 10.1. The average Bonchev–Trinajstić information content (AvgIpc) is 3.14. The van der Waals surface area contributed by atoms with E-state index < -0.39 is 28.1 Å². The summed E-state index contributed by atoms with van der Waals surface area (Å²) in [5.41, 5.74) is 1.28. The molecule has 0 bridgehead atoms. The third kappa shape index (κ3) is 4.67. The monoisotopic (exact) mass is 487 g/mol. The summed E-state index contributed by atoms with van der Waals surface area (Å²) in [5, 5.41) is 10.9. The van der Waals surface area contributed by atoms with Crippen LogP contribution in [0.1, 0.15) is 17.5 Å². The summed E-state index contributed by atoms with van der Waals surface area (Å²) in [5.74, 6) is -0.240. The fourth-order valence-electron chi connectivity index (χ4n) is 3.62. The van der Waals surface area contributed by atoms with Crippen LogP contribution in [0.15, 0.2) is 41.3 Å². The molecule has 31 heavy (non-hydrogen) atoms. The van der Waals surface area contributed by atoms with Gasteiger partial charge in [0.2, 0.25) is 10.0 Å². The molecule has 1 saturated heterocycles. The van der Waals surface area contributed by atoms with E-state index in [-0.39, 0.29) is 31.3 Å². The Bertz CT molecular complexity index is 1090. The van der Waals surface area contributed by atoms with E-state index in [1.54, 1.807) is 12.1 Å². The largest absolute Gasteiger partial charge is 0.467 e. The van der Waals surface area contributed by atoms with Crippen LogP contribution in [0.5, 0.6) is 5.75 Å². The predicted molar refractivity (Wildman–Crippen MR) is 111 cm³/mol. The van der Waals surface area contributed by atoms with Gasteiger partial charge in [0.25, 0.3) is 0 Å². The maximum Gasteiger partial charge on any atom is 0.324 e. The molecule has 0 unspecified atom stereocenters. The van der Waals surface area contributed by atoms with Crippen molar-refractivity contribution >= 4 is 39.2 Å². The summed E-state index contributed by atoms with van der Waals surface area (Å²) in [7, 11) is -4.04. The molecule has 2 atom stereocenters. The third-order valence-electron chi connectivity index (χ3n) is 5.05. The summed E-state index contributed by atoms with van der Waals surface area (Å²) in [6.07, 6.45) is -1.05. The molecule has 2 aromatic rings. The lowest BCUT2D eigenvalue weighted by Crippen LogP contribution is -2.41. The minimum Gasteiger partial charge on any atom is -0.467 e. The second-order valence-electron chi connectivity index (χ2n) is 7.21. The van der Waals surface area contributed by atoms with Gasteiger partial charge in [-0.2, -0.15) is 4.31 Å². The minimum atomic E-state index is -4.04. The van der Waals surface area contributed by atoms with E-state index in [0.717, 1.165) is 9.87 Å². The minimum absolute atomic E-state index is 0.0267. The molecule has 0 aliphatic carbocycles. The molecule has 0 saturated carbocycles. The summed E-state index contributed by atoms with van der Waals surface area (Å²) in [6, 6.07) is 7.75. The van der Waals surface area contributed by atoms with E-state index in [0.29, 0.717) is 28.0 Å². The second-order valence-corrected chi connectivity index (χ2v) is 9.97. The number of carbonyl (C=O) groups excluding carboxylic acids is 1. The lowest BCUT2D eigenvalue weighted by Gasteiger charge is -2.24. The van der Waals surface area contributed by atoms with Gasteiger partial charge in [0, 0.05) is 34.1 Å². The van der Waals surface area contributed by atoms with Crippen molar-refractivity contribution in [2.75, 3.05) is 13.3 Å². The fraction of sp³-hybridized carbons (Fsp3) is 0.350. The van der Waals surface area contributed by atoms with Gasteiger partial charge in [0.1, 0.15) is 18.4 Å². The first kappa shape index (κ1) is 22.3. The molecule has 4 rings (SSSR count). The number of β-amino-alcohol motifs (C(OH)–C–C–N with tert-alkyl or cyclic N) is 1. The van der Waals surface area contributed by atoms with Crippen molar-refractivity contribution in [1.29, 1.82) is 0 Å². The molecule has 1 N–H and O–H groups in total. The molecule has 2 heterocycles. The Labute approximate surface area is 189 Å². The van der Waals surface area contributed by atoms with Crippen LogP contribution in [0.3, 0.4) is 0 Å². The number of sulfonamides is 1. The molecule has 0 aromatic heterocycles. The maximum absolute atomic E-state index is 13.0. The molecule has 11 heteroatoms. The highest BCUT2D eigenvalue weighted by atomic mass is 35.5. The first-order valence-corrected chi connectivity index (χ1v) is 11.6. The predicted octanol–water partition coefficient (Wildman–Crippen LogP) is 2.73. The standard InChI is InChI=1S/C20H19Cl2NO7S/c21-14-1-3-17(4-2-14)31(26,27)23-8-16(24)7-18(23)20(25)29-10-13-6-15(22)5-12-9-28-11-30-19(12)13/h1-6,16,18,24H,7-11H2/t16-,18-/m0/s1. The zero-order chi connectivity index (χ0) is 22.2. The zero-order valence-corrected chi connectivity index (χ0v) is 18.5. The van der Waals surface area contributed by atoms with Crippen molar-refractivity contribution in [2.45, 2.75) is 36.7 Å². The number of esters is 1. The van der Waals surface area contributed by atoms with Gasteiger partial charge in [-0.1, -0.05) is 23.2 Å². The van der Waals surface area contributed by atoms with Crippen LogP contribution in [0.2, 0.25) is 10.0 Å². The van der Waals surface area contributed by atoms with Crippen LogP contribution in [-0.4, -0.2) is 49.3 Å². The molecular weight excluding hydrogens is 469 g/mol. The Morgan fingerprint density at radius 3 is 2.68 bits per heavy atom. The van der Waals surface area contributed by atoms with Crippen LogP contribution < -0.4 is 4.74 Å². The molecule has 0 spiro atoms. The Morgan fingerprint density at radius 1 is 1.19 bits per heavy atom. The number of hydrogen-bond acceptors (Lipinski definition) is 7. The van der Waals surface area contributed by atoms with Crippen LogP contribution in [0, 0.1) is 0 Å². The smallest absolute Gasteiger partial charge is 0.324 e. The van der Waals surface area contributed by atoms with E-state index in [2.05, 4.69) is 0 Å². The highest BCUT2D eigenvalue weighted by molar-refractivity contribution is 7.89. The van der Waals surface area contributed by atoms with E-state index in [1.807, 2.05) is 0 Å². The van der Waals surface area contributed by atoms with Crippen molar-refractivity contribution in [3.05, 3.63) is 57.6 Å². The van der Waals surface area contributed by atoms with Gasteiger partial charge in [-0.3, -0.25) is 4.79 Å². The first-order chi connectivity index (χ1) is 14.8. The van der Waals surface area contributed by atoms with E-state index in [9.17, 15) is 18.3 Å². The summed E-state index contributed by atoms with van der Waals surface area (Å²) < 4.78 is 43.1. The van der Waals surface area contributed by atoms with E-state index in [1.165, 1.54) is 24.3 Å². The number of carbonyl (C=O) groups is 1. The Morgan fingerprint density at radius 2 is 1.94 bits per heavy atom. The molecule has 0 radical (unpaired) electrons. The SMILES string of the molecule is O=C(OCc1cc(Cl)cc2c1OCOC2)[C@@H]1C[C@H](O)CN1S(=O)(=O)c1ccc(Cl)cc1. The number of rotatable bonds is 5. The first-order valence-electron chi connectivity index (χ1n) is 9.39. The van der Waals surface area contributed by atoms with Gasteiger partial charge >= 0.3 is 5.97 Å². The number of benzene rings is 2. The molecule has 2 aliphatic rings. The Hall–Kier alpha value is -1.88. The molecule has 2 aliphatic heterocycles. The number of ether oxygens (including phenoxy) is 3. The number of hydrogen-bond donors (Lipinski definition) is 1. The van der Waals surface area contributed by atoms with Crippen molar-refractivity contribution in [3.8, 4) is 5.75 Å². The molecule has 166 valence electrons. The highest BCUT2D eigenvalue weighted by Crippen LogP contribution is 2.33. The number of fused-ring (bicyclic) bond motifs is 1. The van der Waals surface area contributed by atoms with Crippen LogP contribution in [0.4, 0.5) is 0 Å². The summed E-state index contributed by atoms with van der Waals surface area (Å²) in [4.78, 5) is 12.8. The quantitative estimate of drug-likeness (QED) is 0.646. The van der Waals surface area contributed by atoms with Crippen molar-refractivity contribution in [1.82, 2.24) is 4.31 Å². The molecular formula is C20H19Cl2NO7S. The normalized spacial score (nSPS) is 21.4. The summed E-state index contributed by atoms with van der Waals surface area (Å²) in [6.45, 7) is 0.0111. The van der Waals surface area contributed by atoms with Crippen molar-refractivity contribution < 1.29 is 32.5 Å². The topological polar surface area (TPSA) is 102 Å². The molecule has 1 fully saturated rings. The highest BCUT2D eigenvalue weighted by Gasteiger charge is 2.44. The zero-order valence-electron chi connectivity index (χ0n) is 16.2. The van der Waals surface area contributed by atoms with Gasteiger partial charge in [-0.25, -0.2) is 8.42 Å². The van der Waals surface area contributed by atoms with Gasteiger partial charge in [-0.15, -0.1) is 0 Å². The van der Waals surface area contributed by atoms with Crippen molar-refractivity contribution in [2.24, 2.45) is 0 Å². The van der Waals surface area contributed by atoms with Crippen LogP contribution in [0.25, 0.3) is 0 Å². The number of aliphatic hydroxyl groups is 1. The van der Waals surface area contributed by atoms with Crippen LogP contribution in [-0.2, 0) is 37.5 Å². The van der Waals surface area contributed by atoms with Crippen molar-refractivity contribution in [3.63, 3.8) is 0 Å². The number of halogens is 2. The molecule has 0 amide bonds. The average molecular weight is 488 g/mol. The Balaban J connectivity index is 1.53. The third-order valence-corrected chi connectivity index (χ3v) is 7.41. The molecule has 2 aromatic carbocycles. The van der Waals surface area contributed by atoms with Gasteiger partial charge in [0.05, 0.1) is 17.6 Å². The van der Waals surface area contributed by atoms with E-state index in [4.69, 9.17) is 37.4 Å². The number of aliphatic hydroxyl groups excluding tert-OH is 1. The maximum atomic E-state index is 13.0. The molecule has 8 nitrogen and oxygen atoms in total. The number of nitrogens with zero attached hydrogens (tertiary/aromatic N) is 1. The Kier molecular flexibility index (Phi) is 6.43. The van der Waals surface area contributed by atoms with Gasteiger partial charge in [0.15, 0.2) is 6.79 Å². The van der Waals surface area contributed by atoms with E-state index >= 15 is 0 Å².